The number of hydrogen-bond donors (Lipinski definition) is 1. The van der Waals surface area contributed by atoms with Crippen molar-refractivity contribution in [3.8, 4) is 5.75 Å². The van der Waals surface area contributed by atoms with Gasteiger partial charge in [-0.2, -0.15) is 0 Å². The van der Waals surface area contributed by atoms with E-state index in [1.54, 1.807) is 0 Å². The maximum Gasteiger partial charge on any atom is 0.222 e. The van der Waals surface area contributed by atoms with E-state index in [1.165, 1.54) is 0 Å². The number of amides is 1. The van der Waals surface area contributed by atoms with Crippen LogP contribution in [0.15, 0.2) is 18.2 Å². The molecule has 1 saturated heterocycles. The average molecular weight is 305 g/mol. The lowest BCUT2D eigenvalue weighted by Crippen LogP contribution is -2.47. The highest BCUT2D eigenvalue weighted by atomic mass is 16.5. The Morgan fingerprint density at radius 2 is 2.00 bits per heavy atom. The SMILES string of the molecule is CCCOc1ccc(CCC(=O)N2CCN(C)CC2)cc1N. The molecule has 2 N–H and O–H groups in total. The zero-order chi connectivity index (χ0) is 15.9. The van der Waals surface area contributed by atoms with Crippen molar-refractivity contribution in [1.82, 2.24) is 9.80 Å². The van der Waals surface area contributed by atoms with Gasteiger partial charge in [-0.15, -0.1) is 0 Å². The Morgan fingerprint density at radius 3 is 2.64 bits per heavy atom. The molecular weight excluding hydrogens is 278 g/mol. The first-order valence-electron chi connectivity index (χ1n) is 8.07. The quantitative estimate of drug-likeness (QED) is 0.814. The Balaban J connectivity index is 1.83. The van der Waals surface area contributed by atoms with Crippen molar-refractivity contribution < 1.29 is 9.53 Å². The van der Waals surface area contributed by atoms with Crippen molar-refractivity contribution in [1.29, 1.82) is 0 Å². The zero-order valence-corrected chi connectivity index (χ0v) is 13.7. The summed E-state index contributed by atoms with van der Waals surface area (Å²) in [6.45, 7) is 6.33. The molecule has 0 spiro atoms. The molecule has 2 rings (SSSR count). The normalized spacial score (nSPS) is 15.8. The Bertz CT molecular complexity index is 497. The molecule has 1 aromatic carbocycles. The summed E-state index contributed by atoms with van der Waals surface area (Å²) >= 11 is 0. The molecule has 5 heteroatoms. The molecule has 0 aromatic heterocycles. The fraction of sp³-hybridized carbons (Fsp3) is 0.588. The van der Waals surface area contributed by atoms with Gasteiger partial charge in [-0.1, -0.05) is 13.0 Å². The zero-order valence-electron chi connectivity index (χ0n) is 13.7. The molecule has 1 aliphatic heterocycles. The molecule has 0 radical (unpaired) electrons. The summed E-state index contributed by atoms with van der Waals surface area (Å²) in [4.78, 5) is 16.4. The summed E-state index contributed by atoms with van der Waals surface area (Å²) in [5.41, 5.74) is 7.74. The second-order valence-corrected chi connectivity index (χ2v) is 5.90. The van der Waals surface area contributed by atoms with Crippen LogP contribution in [-0.2, 0) is 11.2 Å². The van der Waals surface area contributed by atoms with Crippen molar-refractivity contribution in [2.45, 2.75) is 26.2 Å². The second kappa shape index (κ2) is 8.03. The number of carbonyl (C=O) groups excluding carboxylic acids is 1. The van der Waals surface area contributed by atoms with Crippen LogP contribution in [0.4, 0.5) is 5.69 Å². The summed E-state index contributed by atoms with van der Waals surface area (Å²) in [7, 11) is 2.09. The van der Waals surface area contributed by atoms with Crippen LogP contribution < -0.4 is 10.5 Å². The number of likely N-dealkylation sites (N-methyl/N-ethyl adjacent to an activating group) is 1. The van der Waals surface area contributed by atoms with Crippen molar-refractivity contribution in [2.75, 3.05) is 45.6 Å². The summed E-state index contributed by atoms with van der Waals surface area (Å²) in [6.07, 6.45) is 2.22. The van der Waals surface area contributed by atoms with Gasteiger partial charge in [-0.3, -0.25) is 4.79 Å². The molecule has 22 heavy (non-hydrogen) atoms. The van der Waals surface area contributed by atoms with Crippen LogP contribution in [0, 0.1) is 0 Å². The fourth-order valence-corrected chi connectivity index (χ4v) is 2.56. The number of rotatable bonds is 6. The Kier molecular flexibility index (Phi) is 6.07. The molecule has 0 aliphatic carbocycles. The predicted octanol–water partition coefficient (Wildman–Crippen LogP) is 1.76. The molecule has 1 heterocycles. The predicted molar refractivity (Wildman–Crippen MR) is 89.0 cm³/mol. The second-order valence-electron chi connectivity index (χ2n) is 5.90. The molecular formula is C17H27N3O2. The molecule has 1 fully saturated rings. The first-order valence-corrected chi connectivity index (χ1v) is 8.07. The number of nitrogen functional groups attached to an aromatic ring is 1. The van der Waals surface area contributed by atoms with Crippen molar-refractivity contribution in [3.63, 3.8) is 0 Å². The first-order chi connectivity index (χ1) is 10.6. The van der Waals surface area contributed by atoms with Gasteiger partial charge in [0.2, 0.25) is 5.91 Å². The van der Waals surface area contributed by atoms with Crippen molar-refractivity contribution >= 4 is 11.6 Å². The van der Waals surface area contributed by atoms with Gasteiger partial charge in [-0.25, -0.2) is 0 Å². The lowest BCUT2D eigenvalue weighted by molar-refractivity contribution is -0.132. The molecule has 1 aromatic rings. The summed E-state index contributed by atoms with van der Waals surface area (Å²) in [5, 5.41) is 0. The van der Waals surface area contributed by atoms with E-state index >= 15 is 0 Å². The third-order valence-electron chi connectivity index (χ3n) is 4.02. The van der Waals surface area contributed by atoms with Gasteiger partial charge in [0.1, 0.15) is 5.75 Å². The van der Waals surface area contributed by atoms with Crippen LogP contribution >= 0.6 is 0 Å². The number of nitrogens with two attached hydrogens (primary N) is 1. The van der Waals surface area contributed by atoms with E-state index in [1.807, 2.05) is 23.1 Å². The summed E-state index contributed by atoms with van der Waals surface area (Å²) in [6, 6.07) is 5.82. The summed E-state index contributed by atoms with van der Waals surface area (Å²) < 4.78 is 5.57. The standard InChI is InChI=1S/C17H27N3O2/c1-3-12-22-16-6-4-14(13-15(16)18)5-7-17(21)20-10-8-19(2)9-11-20/h4,6,13H,3,5,7-12,18H2,1-2H3. The summed E-state index contributed by atoms with van der Waals surface area (Å²) in [5.74, 6) is 0.967. The van der Waals surface area contributed by atoms with Gasteiger partial charge in [0.05, 0.1) is 12.3 Å². The van der Waals surface area contributed by atoms with Crippen LogP contribution in [0.2, 0.25) is 0 Å². The van der Waals surface area contributed by atoms with Gasteiger partial charge < -0.3 is 20.3 Å². The van der Waals surface area contributed by atoms with E-state index in [9.17, 15) is 4.79 Å². The highest BCUT2D eigenvalue weighted by Gasteiger charge is 2.18. The topological polar surface area (TPSA) is 58.8 Å². The number of anilines is 1. The molecule has 1 aliphatic rings. The number of aryl methyl sites for hydroxylation is 1. The maximum absolute atomic E-state index is 12.2. The van der Waals surface area contributed by atoms with Gasteiger partial charge in [-0.05, 0) is 37.6 Å². The van der Waals surface area contributed by atoms with Crippen molar-refractivity contribution in [3.05, 3.63) is 23.8 Å². The van der Waals surface area contributed by atoms with E-state index < -0.39 is 0 Å². The number of piperazine rings is 1. The highest BCUT2D eigenvalue weighted by Crippen LogP contribution is 2.23. The van der Waals surface area contributed by atoms with Crippen LogP contribution in [0.3, 0.4) is 0 Å². The smallest absolute Gasteiger partial charge is 0.222 e. The third-order valence-corrected chi connectivity index (χ3v) is 4.02. The molecule has 0 saturated carbocycles. The minimum Gasteiger partial charge on any atom is -0.491 e. The van der Waals surface area contributed by atoms with Crippen LogP contribution in [-0.4, -0.2) is 55.5 Å². The minimum absolute atomic E-state index is 0.234. The number of ether oxygens (including phenoxy) is 1. The Labute approximate surface area is 133 Å². The lowest BCUT2D eigenvalue weighted by atomic mass is 10.1. The monoisotopic (exact) mass is 305 g/mol. The lowest BCUT2D eigenvalue weighted by Gasteiger charge is -2.32. The van der Waals surface area contributed by atoms with Crippen LogP contribution in [0.5, 0.6) is 5.75 Å². The van der Waals surface area contributed by atoms with E-state index in [2.05, 4.69) is 18.9 Å². The third kappa shape index (κ3) is 4.63. The van der Waals surface area contributed by atoms with Gasteiger partial charge in [0.15, 0.2) is 0 Å². The van der Waals surface area contributed by atoms with E-state index in [-0.39, 0.29) is 5.91 Å². The fourth-order valence-electron chi connectivity index (χ4n) is 2.56. The molecule has 0 unspecified atom stereocenters. The van der Waals surface area contributed by atoms with Crippen molar-refractivity contribution in [2.24, 2.45) is 0 Å². The molecule has 0 bridgehead atoms. The molecule has 1 amide bonds. The molecule has 122 valence electrons. The Morgan fingerprint density at radius 1 is 1.27 bits per heavy atom. The van der Waals surface area contributed by atoms with E-state index in [4.69, 9.17) is 10.5 Å². The Hall–Kier alpha value is -1.75. The average Bonchev–Trinajstić information content (AvgIpc) is 2.52. The minimum atomic E-state index is 0.234. The van der Waals surface area contributed by atoms with E-state index in [0.717, 1.165) is 50.3 Å². The number of carbonyl (C=O) groups is 1. The van der Waals surface area contributed by atoms with Gasteiger partial charge in [0.25, 0.3) is 0 Å². The van der Waals surface area contributed by atoms with Crippen LogP contribution in [0.25, 0.3) is 0 Å². The molecule has 5 nitrogen and oxygen atoms in total. The van der Waals surface area contributed by atoms with E-state index in [0.29, 0.717) is 18.7 Å². The number of hydrogen-bond acceptors (Lipinski definition) is 4. The molecule has 0 atom stereocenters. The highest BCUT2D eigenvalue weighted by molar-refractivity contribution is 5.76. The maximum atomic E-state index is 12.2. The largest absolute Gasteiger partial charge is 0.491 e. The van der Waals surface area contributed by atoms with Gasteiger partial charge >= 0.3 is 0 Å². The first kappa shape index (κ1) is 16.6. The van der Waals surface area contributed by atoms with Crippen LogP contribution in [0.1, 0.15) is 25.3 Å². The number of benzene rings is 1. The van der Waals surface area contributed by atoms with Gasteiger partial charge in [0, 0.05) is 32.6 Å². The number of nitrogens with zero attached hydrogens (tertiary/aromatic N) is 2.